The van der Waals surface area contributed by atoms with Crippen LogP contribution in [0.3, 0.4) is 0 Å². The van der Waals surface area contributed by atoms with Crippen molar-refractivity contribution in [3.05, 3.63) is 60.0 Å². The van der Waals surface area contributed by atoms with Gasteiger partial charge in [-0.25, -0.2) is 0 Å². The summed E-state index contributed by atoms with van der Waals surface area (Å²) in [6.07, 6.45) is 1.83. The van der Waals surface area contributed by atoms with Crippen LogP contribution in [0, 0.1) is 12.8 Å². The molecule has 1 saturated heterocycles. The third-order valence-electron chi connectivity index (χ3n) is 5.74. The maximum Gasteiger partial charge on any atom is 0.241 e. The van der Waals surface area contributed by atoms with Gasteiger partial charge in [0.05, 0.1) is 26.1 Å². The Kier molecular flexibility index (Phi) is 7.57. The first-order valence-electron chi connectivity index (χ1n) is 11.3. The number of carbonyl (C=O) groups is 1. The third kappa shape index (κ3) is 6.32. The molecule has 33 heavy (non-hydrogen) atoms. The number of amides is 1. The number of ether oxygens (including phenoxy) is 2. The van der Waals surface area contributed by atoms with E-state index >= 15 is 0 Å². The van der Waals surface area contributed by atoms with Gasteiger partial charge in [-0.05, 0) is 62.7 Å². The molecule has 1 aliphatic heterocycles. The van der Waals surface area contributed by atoms with Gasteiger partial charge in [-0.3, -0.25) is 9.69 Å². The first-order valence-corrected chi connectivity index (χ1v) is 11.3. The minimum atomic E-state index is -0.0536. The summed E-state index contributed by atoms with van der Waals surface area (Å²) in [6.45, 7) is 5.07. The molecule has 1 aliphatic rings. The lowest BCUT2D eigenvalue weighted by Crippen LogP contribution is -2.43. The fourth-order valence-electron chi connectivity index (χ4n) is 3.90. The molecule has 1 amide bonds. The van der Waals surface area contributed by atoms with E-state index < -0.39 is 0 Å². The monoisotopic (exact) mass is 450 g/mol. The Hall–Kier alpha value is -3.39. The predicted molar refractivity (Wildman–Crippen MR) is 124 cm³/mol. The zero-order valence-corrected chi connectivity index (χ0v) is 19.1. The average molecular weight is 451 g/mol. The van der Waals surface area contributed by atoms with Gasteiger partial charge in [-0.2, -0.15) is 4.98 Å². The van der Waals surface area contributed by atoms with Crippen molar-refractivity contribution in [2.75, 3.05) is 33.4 Å². The summed E-state index contributed by atoms with van der Waals surface area (Å²) >= 11 is 0. The van der Waals surface area contributed by atoms with Gasteiger partial charge in [0.15, 0.2) is 0 Å². The number of nitrogens with zero attached hydrogens (tertiary/aromatic N) is 3. The molecule has 0 saturated carbocycles. The third-order valence-corrected chi connectivity index (χ3v) is 5.74. The van der Waals surface area contributed by atoms with Crippen LogP contribution in [0.1, 0.15) is 24.3 Å². The van der Waals surface area contributed by atoms with Crippen molar-refractivity contribution in [3.63, 3.8) is 0 Å². The van der Waals surface area contributed by atoms with Crippen LogP contribution in [0.25, 0.3) is 11.4 Å². The van der Waals surface area contributed by atoms with Crippen molar-refractivity contribution >= 4 is 5.91 Å². The zero-order valence-electron chi connectivity index (χ0n) is 19.1. The Balaban J connectivity index is 1.23. The van der Waals surface area contributed by atoms with Gasteiger partial charge < -0.3 is 19.3 Å². The predicted octanol–water partition coefficient (Wildman–Crippen LogP) is 3.46. The largest absolute Gasteiger partial charge is 0.497 e. The highest BCUT2D eigenvalue weighted by atomic mass is 16.5. The minimum absolute atomic E-state index is 0.0536. The first kappa shape index (κ1) is 22.8. The maximum atomic E-state index is 12.6. The SMILES string of the molecule is COc1ccc(-c2noc(CN3CCCC(C(=O)NCCOc4ccc(C)cc4)C3)n2)cc1. The standard InChI is InChI=1S/C25H30N4O4/c1-18-5-9-22(10-6-18)32-15-13-26-25(30)20-4-3-14-29(16-20)17-23-27-24(28-33-23)19-7-11-21(31-2)12-8-19/h5-12,20H,3-4,13-17H2,1-2H3,(H,26,30). The smallest absolute Gasteiger partial charge is 0.241 e. The second kappa shape index (κ2) is 11.0. The van der Waals surface area contributed by atoms with Crippen LogP contribution in [0.4, 0.5) is 0 Å². The molecule has 8 heteroatoms. The highest BCUT2D eigenvalue weighted by Crippen LogP contribution is 2.22. The van der Waals surface area contributed by atoms with Crippen molar-refractivity contribution in [3.8, 4) is 22.9 Å². The topological polar surface area (TPSA) is 89.7 Å². The Morgan fingerprint density at radius 2 is 1.91 bits per heavy atom. The highest BCUT2D eigenvalue weighted by molar-refractivity contribution is 5.78. The van der Waals surface area contributed by atoms with Crippen molar-refractivity contribution < 1.29 is 18.8 Å². The van der Waals surface area contributed by atoms with E-state index in [9.17, 15) is 4.79 Å². The second-order valence-corrected chi connectivity index (χ2v) is 8.27. The molecule has 4 rings (SSSR count). The van der Waals surface area contributed by atoms with Gasteiger partial charge >= 0.3 is 0 Å². The molecule has 0 spiro atoms. The van der Waals surface area contributed by atoms with Crippen molar-refractivity contribution in [1.29, 1.82) is 0 Å². The van der Waals surface area contributed by atoms with Crippen LogP contribution < -0.4 is 14.8 Å². The molecule has 3 aromatic rings. The zero-order chi connectivity index (χ0) is 23.0. The maximum absolute atomic E-state index is 12.6. The summed E-state index contributed by atoms with van der Waals surface area (Å²) < 4.78 is 16.3. The molecule has 1 aromatic heterocycles. The van der Waals surface area contributed by atoms with Gasteiger partial charge in [-0.1, -0.05) is 22.9 Å². The van der Waals surface area contributed by atoms with E-state index in [2.05, 4.69) is 20.4 Å². The van der Waals surface area contributed by atoms with E-state index in [0.29, 0.717) is 38.0 Å². The van der Waals surface area contributed by atoms with Crippen LogP contribution in [0.15, 0.2) is 53.1 Å². The normalized spacial score (nSPS) is 16.4. The highest BCUT2D eigenvalue weighted by Gasteiger charge is 2.26. The molecule has 174 valence electrons. The summed E-state index contributed by atoms with van der Waals surface area (Å²) in [6, 6.07) is 15.4. The number of methoxy groups -OCH3 is 1. The van der Waals surface area contributed by atoms with Gasteiger partial charge in [0.1, 0.15) is 18.1 Å². The molecule has 0 radical (unpaired) electrons. The van der Waals surface area contributed by atoms with Crippen LogP contribution in [-0.2, 0) is 11.3 Å². The molecular weight excluding hydrogens is 420 g/mol. The molecule has 1 fully saturated rings. The number of nitrogens with one attached hydrogen (secondary N) is 1. The molecule has 1 atom stereocenters. The molecule has 1 N–H and O–H groups in total. The molecule has 1 unspecified atom stereocenters. The lowest BCUT2D eigenvalue weighted by Gasteiger charge is -2.30. The number of hydrogen-bond donors (Lipinski definition) is 1. The molecule has 2 aromatic carbocycles. The van der Waals surface area contributed by atoms with Gasteiger partial charge in [-0.15, -0.1) is 0 Å². The Morgan fingerprint density at radius 3 is 2.67 bits per heavy atom. The number of piperidine rings is 1. The van der Waals surface area contributed by atoms with E-state index in [-0.39, 0.29) is 11.8 Å². The van der Waals surface area contributed by atoms with Crippen LogP contribution >= 0.6 is 0 Å². The fraction of sp³-hybridized carbons (Fsp3) is 0.400. The molecule has 0 bridgehead atoms. The Morgan fingerprint density at radius 1 is 1.15 bits per heavy atom. The summed E-state index contributed by atoms with van der Waals surface area (Å²) in [5.41, 5.74) is 2.06. The second-order valence-electron chi connectivity index (χ2n) is 8.27. The molecular formula is C25H30N4O4. The Bertz CT molecular complexity index is 1030. The molecule has 8 nitrogen and oxygen atoms in total. The molecule has 2 heterocycles. The Labute approximate surface area is 193 Å². The van der Waals surface area contributed by atoms with Crippen molar-refractivity contribution in [1.82, 2.24) is 20.4 Å². The summed E-state index contributed by atoms with van der Waals surface area (Å²) in [5, 5.41) is 7.10. The molecule has 0 aliphatic carbocycles. The number of benzene rings is 2. The van der Waals surface area contributed by atoms with Crippen LogP contribution in [0.2, 0.25) is 0 Å². The van der Waals surface area contributed by atoms with E-state index in [1.165, 1.54) is 5.56 Å². The van der Waals surface area contributed by atoms with Gasteiger partial charge in [0.25, 0.3) is 0 Å². The number of rotatable bonds is 9. The lowest BCUT2D eigenvalue weighted by molar-refractivity contribution is -0.126. The van der Waals surface area contributed by atoms with Crippen LogP contribution in [-0.4, -0.2) is 54.3 Å². The van der Waals surface area contributed by atoms with E-state index in [0.717, 1.165) is 36.4 Å². The summed E-state index contributed by atoms with van der Waals surface area (Å²) in [7, 11) is 1.63. The van der Waals surface area contributed by atoms with Crippen molar-refractivity contribution in [2.24, 2.45) is 5.92 Å². The van der Waals surface area contributed by atoms with Crippen LogP contribution in [0.5, 0.6) is 11.5 Å². The van der Waals surface area contributed by atoms with E-state index in [1.54, 1.807) is 7.11 Å². The van der Waals surface area contributed by atoms with Gasteiger partial charge in [0.2, 0.25) is 17.6 Å². The summed E-state index contributed by atoms with van der Waals surface area (Å²) in [5.74, 6) is 2.70. The quantitative estimate of drug-likeness (QED) is 0.499. The summed E-state index contributed by atoms with van der Waals surface area (Å²) in [4.78, 5) is 19.4. The lowest BCUT2D eigenvalue weighted by atomic mass is 9.97. The average Bonchev–Trinajstić information content (AvgIpc) is 3.31. The number of hydrogen-bond acceptors (Lipinski definition) is 7. The first-order chi connectivity index (χ1) is 16.1. The van der Waals surface area contributed by atoms with E-state index in [4.69, 9.17) is 14.0 Å². The van der Waals surface area contributed by atoms with Crippen molar-refractivity contribution in [2.45, 2.75) is 26.3 Å². The number of aryl methyl sites for hydroxylation is 1. The number of likely N-dealkylation sites (tertiary alicyclic amines) is 1. The number of carbonyl (C=O) groups excluding carboxylic acids is 1. The van der Waals surface area contributed by atoms with Gasteiger partial charge in [0, 0.05) is 12.1 Å². The number of aromatic nitrogens is 2. The minimum Gasteiger partial charge on any atom is -0.497 e. The van der Waals surface area contributed by atoms with E-state index in [1.807, 2.05) is 55.5 Å². The fourth-order valence-corrected chi connectivity index (χ4v) is 3.90.